The molecule has 164 valence electrons. The van der Waals surface area contributed by atoms with Gasteiger partial charge in [-0.05, 0) is 120 Å². The van der Waals surface area contributed by atoms with Gasteiger partial charge in [0, 0.05) is 10.5 Å². The normalized spacial score (nSPS) is 24.2. The van der Waals surface area contributed by atoms with Crippen molar-refractivity contribution < 1.29 is 4.74 Å². The smallest absolute Gasteiger partial charge is 0.119 e. The van der Waals surface area contributed by atoms with Gasteiger partial charge in [-0.1, -0.05) is 29.8 Å². The molecule has 0 bridgehead atoms. The minimum Gasteiger partial charge on any atom is -0.497 e. The van der Waals surface area contributed by atoms with Crippen LogP contribution in [-0.2, 0) is 6.42 Å². The monoisotopic (exact) mass is 464 g/mol. The van der Waals surface area contributed by atoms with Crippen LogP contribution in [0.15, 0.2) is 22.7 Å². The standard InChI is InChI=1S/C25H41BrN2O/c1-4-28(5-2)23-8-6-20(7-9-23)12-15-27-16-13-21(14-17-27)18-22-19-24(29-3)10-11-25(22)26/h10-11,19-21,23H,4-9,12-18H2,1-3H3. The molecule has 29 heavy (non-hydrogen) atoms. The molecule has 0 N–H and O–H groups in total. The van der Waals surface area contributed by atoms with Crippen LogP contribution < -0.4 is 4.74 Å². The summed E-state index contributed by atoms with van der Waals surface area (Å²) in [5.74, 6) is 2.74. The number of likely N-dealkylation sites (tertiary alicyclic amines) is 1. The third-order valence-corrected chi connectivity index (χ3v) is 8.24. The predicted octanol–water partition coefficient (Wildman–Crippen LogP) is 6.00. The number of piperidine rings is 1. The summed E-state index contributed by atoms with van der Waals surface area (Å²) in [6.45, 7) is 10.9. The van der Waals surface area contributed by atoms with Gasteiger partial charge in [0.05, 0.1) is 7.11 Å². The van der Waals surface area contributed by atoms with E-state index in [1.807, 2.05) is 6.07 Å². The van der Waals surface area contributed by atoms with Gasteiger partial charge in [-0.2, -0.15) is 0 Å². The van der Waals surface area contributed by atoms with E-state index in [0.29, 0.717) is 0 Å². The van der Waals surface area contributed by atoms with E-state index in [-0.39, 0.29) is 0 Å². The van der Waals surface area contributed by atoms with Gasteiger partial charge in [-0.25, -0.2) is 0 Å². The molecule has 3 nitrogen and oxygen atoms in total. The predicted molar refractivity (Wildman–Crippen MR) is 127 cm³/mol. The van der Waals surface area contributed by atoms with Crippen molar-refractivity contribution in [1.82, 2.24) is 9.80 Å². The van der Waals surface area contributed by atoms with E-state index >= 15 is 0 Å². The maximum absolute atomic E-state index is 5.41. The van der Waals surface area contributed by atoms with E-state index in [4.69, 9.17) is 4.74 Å². The van der Waals surface area contributed by atoms with E-state index in [9.17, 15) is 0 Å². The SMILES string of the molecule is CCN(CC)C1CCC(CCN2CCC(Cc3cc(OC)ccc3Br)CC2)CC1. The van der Waals surface area contributed by atoms with Crippen molar-refractivity contribution in [2.75, 3.05) is 39.8 Å². The summed E-state index contributed by atoms with van der Waals surface area (Å²) in [6, 6.07) is 7.21. The Morgan fingerprint density at radius 1 is 1.00 bits per heavy atom. The summed E-state index contributed by atoms with van der Waals surface area (Å²) in [5.41, 5.74) is 1.40. The highest BCUT2D eigenvalue weighted by molar-refractivity contribution is 9.10. The molecule has 1 saturated heterocycles. The van der Waals surface area contributed by atoms with Gasteiger partial charge in [-0.15, -0.1) is 0 Å². The van der Waals surface area contributed by atoms with Crippen LogP contribution in [0, 0.1) is 11.8 Å². The molecule has 2 fully saturated rings. The molecule has 0 radical (unpaired) electrons. The van der Waals surface area contributed by atoms with Crippen LogP contribution in [-0.4, -0.2) is 55.7 Å². The molecule has 1 aromatic rings. The van der Waals surface area contributed by atoms with E-state index in [1.54, 1.807) is 7.11 Å². The minimum atomic E-state index is 0.805. The van der Waals surface area contributed by atoms with Crippen LogP contribution >= 0.6 is 15.9 Å². The zero-order valence-corrected chi connectivity index (χ0v) is 20.4. The lowest BCUT2D eigenvalue weighted by Crippen LogP contribution is -2.39. The van der Waals surface area contributed by atoms with Crippen molar-refractivity contribution in [3.8, 4) is 5.75 Å². The van der Waals surface area contributed by atoms with E-state index < -0.39 is 0 Å². The number of methoxy groups -OCH3 is 1. The zero-order valence-electron chi connectivity index (χ0n) is 18.8. The van der Waals surface area contributed by atoms with Crippen molar-refractivity contribution in [3.05, 3.63) is 28.2 Å². The molecule has 4 heteroatoms. The van der Waals surface area contributed by atoms with Crippen molar-refractivity contribution in [3.63, 3.8) is 0 Å². The highest BCUT2D eigenvalue weighted by atomic mass is 79.9. The first-order chi connectivity index (χ1) is 14.1. The van der Waals surface area contributed by atoms with Crippen LogP contribution in [0.4, 0.5) is 0 Å². The fourth-order valence-corrected chi connectivity index (χ4v) is 5.87. The second-order valence-electron chi connectivity index (χ2n) is 9.13. The average molecular weight is 466 g/mol. The first kappa shape index (κ1) is 23.1. The maximum Gasteiger partial charge on any atom is 0.119 e. The third kappa shape index (κ3) is 6.70. The van der Waals surface area contributed by atoms with Gasteiger partial charge in [0.2, 0.25) is 0 Å². The number of hydrogen-bond donors (Lipinski definition) is 0. The first-order valence-corrected chi connectivity index (χ1v) is 12.7. The number of rotatable bonds is 9. The fraction of sp³-hybridized carbons (Fsp3) is 0.760. The Labute approximate surface area is 187 Å². The Morgan fingerprint density at radius 2 is 1.69 bits per heavy atom. The Hall–Kier alpha value is -0.580. The molecule has 3 rings (SSSR count). The molecule has 1 saturated carbocycles. The maximum atomic E-state index is 5.41. The number of nitrogens with zero attached hydrogens (tertiary/aromatic N) is 2. The Bertz CT molecular complexity index is 603. The number of halogens is 1. The summed E-state index contributed by atoms with van der Waals surface area (Å²) >= 11 is 3.72. The zero-order chi connectivity index (χ0) is 20.6. The number of hydrogen-bond acceptors (Lipinski definition) is 3. The lowest BCUT2D eigenvalue weighted by atomic mass is 9.83. The van der Waals surface area contributed by atoms with Gasteiger partial charge in [0.1, 0.15) is 5.75 Å². The van der Waals surface area contributed by atoms with Crippen LogP contribution in [0.5, 0.6) is 5.75 Å². The molecule has 1 heterocycles. The molecule has 0 atom stereocenters. The summed E-state index contributed by atoms with van der Waals surface area (Å²) < 4.78 is 6.63. The van der Waals surface area contributed by atoms with E-state index in [2.05, 4.69) is 51.7 Å². The second-order valence-corrected chi connectivity index (χ2v) is 9.99. The quantitative estimate of drug-likeness (QED) is 0.445. The molecule has 1 aliphatic heterocycles. The molecule has 0 unspecified atom stereocenters. The van der Waals surface area contributed by atoms with Crippen molar-refractivity contribution in [1.29, 1.82) is 0 Å². The summed E-state index contributed by atoms with van der Waals surface area (Å²) in [7, 11) is 1.75. The summed E-state index contributed by atoms with van der Waals surface area (Å²) in [6.07, 6.45) is 11.0. The Balaban J connectivity index is 1.35. The second kappa shape index (κ2) is 11.7. The summed E-state index contributed by atoms with van der Waals surface area (Å²) in [5, 5.41) is 0. The van der Waals surface area contributed by atoms with Gasteiger partial charge in [0.25, 0.3) is 0 Å². The van der Waals surface area contributed by atoms with Crippen LogP contribution in [0.25, 0.3) is 0 Å². The van der Waals surface area contributed by atoms with Gasteiger partial charge in [-0.3, -0.25) is 0 Å². The van der Waals surface area contributed by atoms with Gasteiger partial charge < -0.3 is 14.5 Å². The van der Waals surface area contributed by atoms with Gasteiger partial charge >= 0.3 is 0 Å². The van der Waals surface area contributed by atoms with Crippen LogP contribution in [0.2, 0.25) is 0 Å². The Kier molecular flexibility index (Phi) is 9.33. The molecular weight excluding hydrogens is 424 g/mol. The number of ether oxygens (including phenoxy) is 1. The molecule has 1 aliphatic carbocycles. The molecule has 2 aliphatic rings. The average Bonchev–Trinajstić information content (AvgIpc) is 2.76. The Morgan fingerprint density at radius 3 is 2.31 bits per heavy atom. The number of benzene rings is 1. The van der Waals surface area contributed by atoms with E-state index in [1.165, 1.54) is 94.1 Å². The minimum absolute atomic E-state index is 0.805. The van der Waals surface area contributed by atoms with Crippen LogP contribution in [0.1, 0.15) is 64.4 Å². The molecule has 0 spiro atoms. The lowest BCUT2D eigenvalue weighted by Gasteiger charge is -2.37. The van der Waals surface area contributed by atoms with E-state index in [0.717, 1.165) is 23.6 Å². The largest absolute Gasteiger partial charge is 0.497 e. The van der Waals surface area contributed by atoms with Crippen LogP contribution in [0.3, 0.4) is 0 Å². The molecule has 1 aromatic carbocycles. The van der Waals surface area contributed by atoms with Gasteiger partial charge in [0.15, 0.2) is 0 Å². The molecule has 0 amide bonds. The topological polar surface area (TPSA) is 15.7 Å². The van der Waals surface area contributed by atoms with Crippen molar-refractivity contribution >= 4 is 15.9 Å². The third-order valence-electron chi connectivity index (χ3n) is 7.47. The molecule has 0 aromatic heterocycles. The fourth-order valence-electron chi connectivity index (χ4n) is 5.46. The highest BCUT2D eigenvalue weighted by Gasteiger charge is 2.26. The highest BCUT2D eigenvalue weighted by Crippen LogP contribution is 2.31. The first-order valence-electron chi connectivity index (χ1n) is 11.9. The lowest BCUT2D eigenvalue weighted by molar-refractivity contribution is 0.130. The summed E-state index contributed by atoms with van der Waals surface area (Å²) in [4.78, 5) is 5.40. The molecular formula is C25H41BrN2O. The van der Waals surface area contributed by atoms with Crippen molar-refractivity contribution in [2.24, 2.45) is 11.8 Å². The van der Waals surface area contributed by atoms with Crippen molar-refractivity contribution in [2.45, 2.75) is 71.3 Å².